The molecule has 1 fully saturated rings. The number of carboxylic acid groups (broad SMARTS) is 2. The zero-order valence-electron chi connectivity index (χ0n) is 22.9. The van der Waals surface area contributed by atoms with Crippen LogP contribution in [-0.4, -0.2) is 83.1 Å². The normalized spacial score (nSPS) is 15.6. The molecule has 2 N–H and O–H groups in total. The SMILES string of the molecule is CN(C1=Nc2ccccc2CS1)C1CCN(CCCOCCCc2ccc(F)cc2)CC1.O=C(O)/C=C/C(=O)O. The summed E-state index contributed by atoms with van der Waals surface area (Å²) in [5, 5.41) is 16.8. The minimum Gasteiger partial charge on any atom is -0.478 e. The lowest BCUT2D eigenvalue weighted by molar-refractivity contribution is -0.134. The molecular weight excluding hydrogens is 533 g/mol. The number of thioether (sulfide) groups is 1. The van der Waals surface area contributed by atoms with E-state index in [9.17, 15) is 14.0 Å². The van der Waals surface area contributed by atoms with E-state index in [1.165, 1.54) is 36.1 Å². The Hall–Kier alpha value is -3.21. The number of amidine groups is 1. The van der Waals surface area contributed by atoms with Gasteiger partial charge in [-0.1, -0.05) is 42.1 Å². The van der Waals surface area contributed by atoms with Crippen LogP contribution in [0.2, 0.25) is 0 Å². The van der Waals surface area contributed by atoms with Crippen molar-refractivity contribution in [3.8, 4) is 0 Å². The number of benzene rings is 2. The first-order chi connectivity index (χ1) is 19.3. The fourth-order valence-corrected chi connectivity index (χ4v) is 5.60. The molecule has 1 saturated heterocycles. The lowest BCUT2D eigenvalue weighted by Gasteiger charge is -2.38. The zero-order chi connectivity index (χ0) is 28.7. The molecule has 2 aromatic carbocycles. The second-order valence-corrected chi connectivity index (χ2v) is 10.6. The Labute approximate surface area is 239 Å². The summed E-state index contributed by atoms with van der Waals surface area (Å²) < 4.78 is 18.7. The first-order valence-electron chi connectivity index (χ1n) is 13.5. The summed E-state index contributed by atoms with van der Waals surface area (Å²) in [6, 6.07) is 15.8. The minimum atomic E-state index is -1.26. The summed E-state index contributed by atoms with van der Waals surface area (Å²) in [6.45, 7) is 4.99. The van der Waals surface area contributed by atoms with Gasteiger partial charge < -0.3 is 24.7 Å². The average Bonchev–Trinajstić information content (AvgIpc) is 2.96. The van der Waals surface area contributed by atoms with Crippen LogP contribution < -0.4 is 0 Å². The second kappa shape index (κ2) is 16.8. The van der Waals surface area contributed by atoms with Gasteiger partial charge in [0.1, 0.15) is 5.82 Å². The van der Waals surface area contributed by atoms with Crippen LogP contribution in [0.15, 0.2) is 65.7 Å². The number of hydrogen-bond acceptors (Lipinski definition) is 7. The monoisotopic (exact) mass is 571 g/mol. The van der Waals surface area contributed by atoms with E-state index in [-0.39, 0.29) is 5.82 Å². The van der Waals surface area contributed by atoms with Crippen molar-refractivity contribution in [2.24, 2.45) is 4.99 Å². The fourth-order valence-electron chi connectivity index (χ4n) is 4.55. The van der Waals surface area contributed by atoms with Crippen LogP contribution in [0.25, 0.3) is 0 Å². The molecule has 0 radical (unpaired) electrons. The van der Waals surface area contributed by atoms with Crippen molar-refractivity contribution in [2.75, 3.05) is 39.9 Å². The van der Waals surface area contributed by atoms with E-state index < -0.39 is 11.9 Å². The number of aliphatic carboxylic acids is 2. The topological polar surface area (TPSA) is 103 Å². The van der Waals surface area contributed by atoms with Gasteiger partial charge in [-0.15, -0.1) is 0 Å². The van der Waals surface area contributed by atoms with Crippen molar-refractivity contribution in [3.63, 3.8) is 0 Å². The Morgan fingerprint density at radius 1 is 1.05 bits per heavy atom. The zero-order valence-corrected chi connectivity index (χ0v) is 23.7. The van der Waals surface area contributed by atoms with Gasteiger partial charge in [0.05, 0.1) is 5.69 Å². The van der Waals surface area contributed by atoms with Crippen molar-refractivity contribution in [1.82, 2.24) is 9.80 Å². The van der Waals surface area contributed by atoms with E-state index in [1.807, 2.05) is 23.9 Å². The molecule has 0 bridgehead atoms. The third-order valence-corrected chi connectivity index (χ3v) is 7.86. The summed E-state index contributed by atoms with van der Waals surface area (Å²) in [6.07, 6.45) is 6.50. The van der Waals surface area contributed by atoms with Gasteiger partial charge in [-0.05, 0) is 61.4 Å². The Balaban J connectivity index is 0.000000482. The lowest BCUT2D eigenvalue weighted by Crippen LogP contribution is -2.45. The summed E-state index contributed by atoms with van der Waals surface area (Å²) in [5.41, 5.74) is 3.63. The highest BCUT2D eigenvalue weighted by Gasteiger charge is 2.26. The molecule has 0 spiro atoms. The number of carboxylic acids is 2. The smallest absolute Gasteiger partial charge is 0.328 e. The highest BCUT2D eigenvalue weighted by Crippen LogP contribution is 2.32. The molecule has 10 heteroatoms. The van der Waals surface area contributed by atoms with Crippen molar-refractivity contribution in [3.05, 3.63) is 77.6 Å². The number of ether oxygens (including phenoxy) is 1. The highest BCUT2D eigenvalue weighted by atomic mass is 32.2. The van der Waals surface area contributed by atoms with Gasteiger partial charge in [0, 0.05) is 63.8 Å². The minimum absolute atomic E-state index is 0.173. The maximum absolute atomic E-state index is 12.9. The van der Waals surface area contributed by atoms with Gasteiger partial charge in [0.15, 0.2) is 5.17 Å². The summed E-state index contributed by atoms with van der Waals surface area (Å²) in [7, 11) is 2.21. The van der Waals surface area contributed by atoms with E-state index in [2.05, 4.69) is 41.1 Å². The van der Waals surface area contributed by atoms with E-state index in [4.69, 9.17) is 19.9 Å². The highest BCUT2D eigenvalue weighted by molar-refractivity contribution is 8.13. The molecule has 0 atom stereocenters. The van der Waals surface area contributed by atoms with Crippen LogP contribution in [0.4, 0.5) is 10.1 Å². The van der Waals surface area contributed by atoms with Crippen molar-refractivity contribution < 1.29 is 28.9 Å². The standard InChI is InChI=1S/C26H34FN3OS.C4H4O4/c1-29(26-28-25-8-3-2-7-22(25)20-32-26)24-13-16-30(17-14-24)15-5-19-31-18-4-6-21-9-11-23(27)12-10-21;5-3(6)1-2-4(7)8/h2-3,7-12,24H,4-6,13-20H2,1H3;1-2H,(H,5,6)(H,7,8)/b;2-1+. The van der Waals surface area contributed by atoms with Crippen LogP contribution >= 0.6 is 11.8 Å². The molecular formula is C30H38FN3O5S. The van der Waals surface area contributed by atoms with Crippen LogP contribution in [0.1, 0.15) is 36.8 Å². The van der Waals surface area contributed by atoms with Crippen LogP contribution in [-0.2, 0) is 26.5 Å². The molecule has 0 aromatic heterocycles. The van der Waals surface area contributed by atoms with Gasteiger partial charge >= 0.3 is 11.9 Å². The van der Waals surface area contributed by atoms with Gasteiger partial charge in [0.25, 0.3) is 0 Å². The Morgan fingerprint density at radius 2 is 1.70 bits per heavy atom. The number of aliphatic imine (C=N–C) groups is 1. The summed E-state index contributed by atoms with van der Waals surface area (Å²) >= 11 is 1.86. The van der Waals surface area contributed by atoms with Gasteiger partial charge in [-0.2, -0.15) is 0 Å². The fraction of sp³-hybridized carbons (Fsp3) is 0.433. The molecule has 2 heterocycles. The number of hydrogen-bond donors (Lipinski definition) is 2. The molecule has 2 aliphatic heterocycles. The molecule has 0 saturated carbocycles. The quantitative estimate of drug-likeness (QED) is 0.280. The Kier molecular flexibility index (Phi) is 13.1. The van der Waals surface area contributed by atoms with E-state index in [0.29, 0.717) is 18.2 Å². The number of nitrogens with zero attached hydrogens (tertiary/aromatic N) is 3. The van der Waals surface area contributed by atoms with Crippen LogP contribution in [0.3, 0.4) is 0 Å². The van der Waals surface area contributed by atoms with E-state index in [1.54, 1.807) is 0 Å². The van der Waals surface area contributed by atoms with Crippen LogP contribution in [0, 0.1) is 5.82 Å². The number of halogens is 1. The van der Waals surface area contributed by atoms with E-state index in [0.717, 1.165) is 68.7 Å². The number of aryl methyl sites for hydroxylation is 1. The number of likely N-dealkylation sites (tertiary alicyclic amines) is 1. The molecule has 0 amide bonds. The number of para-hydroxylation sites is 1. The van der Waals surface area contributed by atoms with Gasteiger partial charge in [-0.25, -0.2) is 19.0 Å². The largest absolute Gasteiger partial charge is 0.478 e. The predicted molar refractivity (Wildman–Crippen MR) is 157 cm³/mol. The van der Waals surface area contributed by atoms with Crippen molar-refractivity contribution in [1.29, 1.82) is 0 Å². The second-order valence-electron chi connectivity index (χ2n) is 9.70. The predicted octanol–water partition coefficient (Wildman–Crippen LogP) is 5.21. The molecule has 4 rings (SSSR count). The van der Waals surface area contributed by atoms with Crippen molar-refractivity contribution in [2.45, 2.75) is 43.9 Å². The third-order valence-electron chi connectivity index (χ3n) is 6.77. The Bertz CT molecular complexity index is 1130. The third kappa shape index (κ3) is 11.1. The van der Waals surface area contributed by atoms with E-state index >= 15 is 0 Å². The van der Waals surface area contributed by atoms with Gasteiger partial charge in [0.2, 0.25) is 0 Å². The number of rotatable bonds is 11. The summed E-state index contributed by atoms with van der Waals surface area (Å²) in [4.78, 5) is 29.0. The van der Waals surface area contributed by atoms with Crippen molar-refractivity contribution >= 4 is 34.6 Å². The molecule has 8 nitrogen and oxygen atoms in total. The number of carbonyl (C=O) groups is 2. The summed E-state index contributed by atoms with van der Waals surface area (Å²) in [5.74, 6) is -1.67. The molecule has 0 aliphatic carbocycles. The van der Waals surface area contributed by atoms with Gasteiger partial charge in [-0.3, -0.25) is 0 Å². The average molecular weight is 572 g/mol. The maximum Gasteiger partial charge on any atom is 0.328 e. The molecule has 2 aliphatic rings. The first kappa shape index (κ1) is 31.3. The molecule has 2 aromatic rings. The lowest BCUT2D eigenvalue weighted by atomic mass is 10.0. The maximum atomic E-state index is 12.9. The van der Waals surface area contributed by atoms with Crippen LogP contribution in [0.5, 0.6) is 0 Å². The molecule has 40 heavy (non-hydrogen) atoms. The number of fused-ring (bicyclic) bond motifs is 1. The first-order valence-corrected chi connectivity index (χ1v) is 14.5. The number of piperidine rings is 1. The molecule has 0 unspecified atom stereocenters. The molecule has 216 valence electrons. The Morgan fingerprint density at radius 3 is 2.38 bits per heavy atom.